The maximum atomic E-state index is 14.5. The molecule has 0 spiro atoms. The van der Waals surface area contributed by atoms with Crippen LogP contribution >= 0.6 is 8.46 Å². The molecule has 1 aromatic heterocycles. The molecule has 2 saturated heterocycles. The maximum absolute atomic E-state index is 14.5. The number of piperidine rings is 1. The Morgan fingerprint density at radius 2 is 1.47 bits per heavy atom. The van der Waals surface area contributed by atoms with Gasteiger partial charge in [0.1, 0.15) is 11.5 Å². The molecule has 2 aliphatic heterocycles. The van der Waals surface area contributed by atoms with Gasteiger partial charge in [0.15, 0.2) is 25.5 Å². The summed E-state index contributed by atoms with van der Waals surface area (Å²) in [6.45, 7) is 5.76. The molecule has 3 fully saturated rings. The van der Waals surface area contributed by atoms with Gasteiger partial charge in [-0.25, -0.2) is 14.8 Å². The van der Waals surface area contributed by atoms with Crippen LogP contribution in [0.5, 0.6) is 0 Å². The molecule has 2 aromatic rings. The molecule has 0 radical (unpaired) electrons. The quantitative estimate of drug-likeness (QED) is 0.0751. The third kappa shape index (κ3) is 10.8. The fraction of sp³-hybridized carbons (Fsp3) is 0.568. The van der Waals surface area contributed by atoms with E-state index in [1.807, 2.05) is 17.9 Å². The normalized spacial score (nSPS) is 19.3. The number of esters is 3. The number of nitrogens with zero attached hydrogens (tertiary/aromatic N) is 5. The summed E-state index contributed by atoms with van der Waals surface area (Å²) in [5, 5.41) is 2.57. The zero-order valence-electron chi connectivity index (χ0n) is 32.2. The van der Waals surface area contributed by atoms with Crippen molar-refractivity contribution in [3.05, 3.63) is 42.1 Å². The fourth-order valence-corrected chi connectivity index (χ4v) is 7.13. The Bertz CT molecular complexity index is 1760. The van der Waals surface area contributed by atoms with Gasteiger partial charge in [0, 0.05) is 64.7 Å². The van der Waals surface area contributed by atoms with Crippen LogP contribution in [0.2, 0.25) is 0 Å². The highest BCUT2D eigenvalue weighted by molar-refractivity contribution is 7.25. The molecule has 3 amide bonds. The largest absolute Gasteiger partial charge is 0.466 e. The van der Waals surface area contributed by atoms with Crippen molar-refractivity contribution in [2.24, 2.45) is 17.8 Å². The number of rotatable bonds is 18. The van der Waals surface area contributed by atoms with Crippen molar-refractivity contribution in [3.63, 3.8) is 0 Å². The van der Waals surface area contributed by atoms with Gasteiger partial charge in [-0.3, -0.25) is 28.5 Å². The molecular weight excluding hydrogens is 767 g/mol. The number of carbonyl (C=O) groups is 6. The molecule has 308 valence electrons. The molecule has 3 aliphatic rings. The summed E-state index contributed by atoms with van der Waals surface area (Å²) >= 11 is 0. The first-order chi connectivity index (χ1) is 27.4. The van der Waals surface area contributed by atoms with E-state index < -0.39 is 63.5 Å². The van der Waals surface area contributed by atoms with Gasteiger partial charge >= 0.3 is 24.0 Å². The number of carbonyl (C=O) groups excluding carboxylic acids is 6. The molecule has 3 atom stereocenters. The predicted octanol–water partition coefficient (Wildman–Crippen LogP) is 2.59. The van der Waals surface area contributed by atoms with Gasteiger partial charge in [-0.05, 0) is 25.2 Å². The molecule has 3 heterocycles. The third-order valence-electron chi connectivity index (χ3n) is 9.70. The first-order valence-electron chi connectivity index (χ1n) is 18.7. The maximum Gasteiger partial charge on any atom is 0.409 e. The highest BCUT2D eigenvalue weighted by Crippen LogP contribution is 2.53. The second-order valence-electron chi connectivity index (χ2n) is 13.5. The monoisotopic (exact) mass is 814 g/mol. The third-order valence-corrected chi connectivity index (χ3v) is 10.5. The zero-order chi connectivity index (χ0) is 41.1. The summed E-state index contributed by atoms with van der Waals surface area (Å²) in [7, 11) is -1.03. The minimum atomic E-state index is -2.62. The van der Waals surface area contributed by atoms with E-state index in [4.69, 9.17) is 33.4 Å². The highest BCUT2D eigenvalue weighted by Gasteiger charge is 2.60. The van der Waals surface area contributed by atoms with Crippen LogP contribution in [-0.2, 0) is 52.2 Å². The van der Waals surface area contributed by atoms with Crippen LogP contribution in [0.3, 0.4) is 0 Å². The SMILES string of the molecule is CCCCOC(=O)N1CCN(C(=O)[C@@H](NC(=O)c2cc(N3CC4C(C3)C4C(=O)OCC)nc(-c3ccccc3)n2)C(OCOC(C)=O)(OCOC(C)=O)P=O)CC1. The molecular formula is C37H47N6O13P. The smallest absolute Gasteiger partial charge is 0.409 e. The minimum absolute atomic E-state index is 0.0201. The fourth-order valence-electron chi connectivity index (χ4n) is 6.64. The van der Waals surface area contributed by atoms with E-state index in [-0.39, 0.29) is 74.6 Å². The average Bonchev–Trinajstić information content (AvgIpc) is 3.71. The predicted molar refractivity (Wildman–Crippen MR) is 198 cm³/mol. The van der Waals surface area contributed by atoms with Crippen LogP contribution in [0, 0.1) is 17.8 Å². The number of piperazine rings is 1. The van der Waals surface area contributed by atoms with E-state index in [0.29, 0.717) is 30.9 Å². The van der Waals surface area contributed by atoms with Crippen LogP contribution in [0.25, 0.3) is 11.4 Å². The number of hydrogen-bond donors (Lipinski definition) is 1. The van der Waals surface area contributed by atoms with E-state index in [9.17, 15) is 33.3 Å². The molecule has 1 aromatic carbocycles. The Morgan fingerprint density at radius 1 is 0.860 bits per heavy atom. The number of hydrogen-bond acceptors (Lipinski definition) is 16. The van der Waals surface area contributed by atoms with Gasteiger partial charge in [0.05, 0.1) is 19.1 Å². The molecule has 5 rings (SSSR count). The lowest BCUT2D eigenvalue weighted by Gasteiger charge is -2.39. The van der Waals surface area contributed by atoms with E-state index in [0.717, 1.165) is 20.3 Å². The zero-order valence-corrected chi connectivity index (χ0v) is 33.1. The van der Waals surface area contributed by atoms with Crippen molar-refractivity contribution in [1.29, 1.82) is 0 Å². The standard InChI is InChI=1S/C37H47N6O13P/c1-5-7-17-52-36(49)42-15-13-41(14-16-42)34(47)31(37(57-50,55-21-53-23(3)44)56-22-54-24(4)45)40-33(46)28-18-29(39-32(38-28)25-11-9-8-10-12-25)43-19-26-27(20-43)30(26)35(48)51-6-2/h8-12,18,26-27,30-31H,5-7,13-17,19-22H2,1-4H3,(H,40,46)/t26?,27?,30?,31-/m1/s1. The lowest BCUT2D eigenvalue weighted by Crippen LogP contribution is -2.63. The summed E-state index contributed by atoms with van der Waals surface area (Å²) in [6.07, 6.45) is 0.990. The Hall–Kier alpha value is -5.26. The average molecular weight is 815 g/mol. The molecule has 2 unspecified atom stereocenters. The highest BCUT2D eigenvalue weighted by atomic mass is 31.1. The molecule has 1 saturated carbocycles. The summed E-state index contributed by atoms with van der Waals surface area (Å²) in [5.74, 6) is -3.11. The first-order valence-corrected chi connectivity index (χ1v) is 19.5. The van der Waals surface area contributed by atoms with E-state index in [1.165, 1.54) is 15.9 Å². The lowest BCUT2D eigenvalue weighted by atomic mass is 10.1. The van der Waals surface area contributed by atoms with Crippen LogP contribution < -0.4 is 10.2 Å². The van der Waals surface area contributed by atoms with Crippen LogP contribution in [-0.4, -0.2) is 133 Å². The number of nitrogens with one attached hydrogen (secondary N) is 1. The van der Waals surface area contributed by atoms with Crippen molar-refractivity contribution in [2.45, 2.75) is 52.1 Å². The molecule has 57 heavy (non-hydrogen) atoms. The van der Waals surface area contributed by atoms with Crippen molar-refractivity contribution in [2.75, 3.05) is 71.0 Å². The number of fused-ring (bicyclic) bond motifs is 1. The van der Waals surface area contributed by atoms with E-state index in [1.54, 1.807) is 31.2 Å². The van der Waals surface area contributed by atoms with Gasteiger partial charge in [-0.1, -0.05) is 43.7 Å². The number of aromatic nitrogens is 2. The number of benzene rings is 1. The Morgan fingerprint density at radius 3 is 2.04 bits per heavy atom. The number of anilines is 1. The summed E-state index contributed by atoms with van der Waals surface area (Å²) in [5.41, 5.74) is -2.22. The number of amides is 3. The number of ether oxygens (including phenoxy) is 6. The van der Waals surface area contributed by atoms with Crippen molar-refractivity contribution in [1.82, 2.24) is 25.1 Å². The van der Waals surface area contributed by atoms with Crippen molar-refractivity contribution < 1.29 is 61.8 Å². The first kappa shape index (κ1) is 42.9. The van der Waals surface area contributed by atoms with E-state index >= 15 is 0 Å². The van der Waals surface area contributed by atoms with Gasteiger partial charge in [-0.2, -0.15) is 0 Å². The Labute approximate surface area is 330 Å². The molecule has 20 heteroatoms. The van der Waals surface area contributed by atoms with Crippen molar-refractivity contribution in [3.8, 4) is 11.4 Å². The van der Waals surface area contributed by atoms with Crippen LogP contribution in [0.4, 0.5) is 10.6 Å². The lowest BCUT2D eigenvalue weighted by molar-refractivity contribution is -0.254. The number of unbranched alkanes of at least 4 members (excludes halogenated alkanes) is 1. The molecule has 1 aliphatic carbocycles. The summed E-state index contributed by atoms with van der Waals surface area (Å²) in [6, 6.07) is 8.39. The Kier molecular flexibility index (Phi) is 14.9. The van der Waals surface area contributed by atoms with Crippen LogP contribution in [0.1, 0.15) is 51.0 Å². The van der Waals surface area contributed by atoms with Gasteiger partial charge < -0.3 is 48.4 Å². The second-order valence-corrected chi connectivity index (χ2v) is 14.3. The van der Waals surface area contributed by atoms with Crippen molar-refractivity contribution >= 4 is 50.1 Å². The van der Waals surface area contributed by atoms with E-state index in [2.05, 4.69) is 10.3 Å². The van der Waals surface area contributed by atoms with Gasteiger partial charge in [0.25, 0.3) is 17.3 Å². The van der Waals surface area contributed by atoms with Gasteiger partial charge in [-0.15, -0.1) is 0 Å². The molecule has 1 N–H and O–H groups in total. The minimum Gasteiger partial charge on any atom is -0.466 e. The Balaban J connectivity index is 1.46. The molecule has 19 nitrogen and oxygen atoms in total. The molecule has 0 bridgehead atoms. The summed E-state index contributed by atoms with van der Waals surface area (Å²) < 4.78 is 44.8. The summed E-state index contributed by atoms with van der Waals surface area (Å²) in [4.78, 5) is 91.2. The van der Waals surface area contributed by atoms with Gasteiger partial charge in [0.2, 0.25) is 8.46 Å². The second kappa shape index (κ2) is 19.7. The van der Waals surface area contributed by atoms with Crippen LogP contribution in [0.15, 0.2) is 36.4 Å². The topological polar surface area (TPSA) is 222 Å².